The van der Waals surface area contributed by atoms with Crippen molar-refractivity contribution in [3.8, 4) is 0 Å². The second-order valence-electron chi connectivity index (χ2n) is 9.50. The molecule has 1 fully saturated rings. The number of hydrogen-bond donors (Lipinski definition) is 0. The van der Waals surface area contributed by atoms with Crippen LogP contribution in [0.3, 0.4) is 0 Å². The molecule has 0 N–H and O–H groups in total. The number of likely N-dealkylation sites (tertiary alicyclic amines) is 1. The molecule has 0 aliphatic carbocycles. The maximum Gasteiger partial charge on any atom is 0.410 e. The van der Waals surface area contributed by atoms with Crippen molar-refractivity contribution in [3.05, 3.63) is 35.9 Å². The number of carbonyl (C=O) groups is 2. The van der Waals surface area contributed by atoms with Crippen molar-refractivity contribution in [1.82, 2.24) is 4.90 Å². The van der Waals surface area contributed by atoms with Crippen molar-refractivity contribution in [1.29, 1.82) is 0 Å². The Morgan fingerprint density at radius 3 is 2.46 bits per heavy atom. The average molecular weight is 504 g/mol. The van der Waals surface area contributed by atoms with Gasteiger partial charge in [-0.25, -0.2) is 22.8 Å². The van der Waals surface area contributed by atoms with E-state index >= 15 is 0 Å². The molecule has 7 nitrogen and oxygen atoms in total. The van der Waals surface area contributed by atoms with Crippen molar-refractivity contribution >= 4 is 12.1 Å². The molecule has 1 heterocycles. The molecule has 1 saturated heterocycles. The molecule has 2 rings (SSSR count). The Hall–Kier alpha value is -2.33. The number of amides is 1. The van der Waals surface area contributed by atoms with Crippen LogP contribution in [0.15, 0.2) is 30.3 Å². The van der Waals surface area contributed by atoms with E-state index < -0.39 is 54.9 Å². The van der Waals surface area contributed by atoms with Gasteiger partial charge >= 0.3 is 12.1 Å². The minimum atomic E-state index is -2.46. The average Bonchev–Trinajstić information content (AvgIpc) is 3.28. The van der Waals surface area contributed by atoms with Crippen LogP contribution >= 0.6 is 0 Å². The lowest BCUT2D eigenvalue weighted by atomic mass is 9.97. The van der Waals surface area contributed by atoms with Crippen LogP contribution in [0.25, 0.3) is 0 Å². The van der Waals surface area contributed by atoms with E-state index in [0.29, 0.717) is 24.9 Å². The molecule has 1 aliphatic heterocycles. The number of carbonyl (C=O) groups excluding carboxylic acids is 2. The SMILES string of the molecule is CCOC(=O)C(CF)(CC(F)C(F)OC[C@@H]1CCCN1C(=O)OC(C)(C)C)OCc1ccccc1. The van der Waals surface area contributed by atoms with Crippen molar-refractivity contribution in [2.24, 2.45) is 0 Å². The molecular formula is C25H36F3NO6. The van der Waals surface area contributed by atoms with Crippen molar-refractivity contribution in [2.45, 2.75) is 83.3 Å². The Morgan fingerprint density at radius 2 is 1.86 bits per heavy atom. The summed E-state index contributed by atoms with van der Waals surface area (Å²) in [4.78, 5) is 26.3. The lowest BCUT2D eigenvalue weighted by Gasteiger charge is -2.31. The molecule has 0 radical (unpaired) electrons. The molecule has 1 aliphatic rings. The zero-order chi connectivity index (χ0) is 26.1. The predicted octanol–water partition coefficient (Wildman–Crippen LogP) is 4.91. The van der Waals surface area contributed by atoms with Gasteiger partial charge in [0.2, 0.25) is 6.36 Å². The van der Waals surface area contributed by atoms with E-state index in [1.165, 1.54) is 11.8 Å². The van der Waals surface area contributed by atoms with Gasteiger partial charge in [0.1, 0.15) is 12.3 Å². The first kappa shape index (κ1) is 28.9. The third kappa shape index (κ3) is 8.68. The fourth-order valence-corrected chi connectivity index (χ4v) is 3.69. The third-order valence-corrected chi connectivity index (χ3v) is 5.48. The number of rotatable bonds is 12. The van der Waals surface area contributed by atoms with Gasteiger partial charge in [0.15, 0.2) is 11.8 Å². The fourth-order valence-electron chi connectivity index (χ4n) is 3.69. The van der Waals surface area contributed by atoms with Crippen molar-refractivity contribution < 1.29 is 41.7 Å². The molecule has 3 unspecified atom stereocenters. The van der Waals surface area contributed by atoms with Crippen LogP contribution < -0.4 is 0 Å². The van der Waals surface area contributed by atoms with E-state index in [1.54, 1.807) is 51.1 Å². The molecule has 198 valence electrons. The van der Waals surface area contributed by atoms with Gasteiger partial charge in [-0.05, 0) is 46.1 Å². The lowest BCUT2D eigenvalue weighted by molar-refractivity contribution is -0.186. The molecule has 4 atom stereocenters. The van der Waals surface area contributed by atoms with Gasteiger partial charge in [0.25, 0.3) is 0 Å². The summed E-state index contributed by atoms with van der Waals surface area (Å²) in [6, 6.07) is 8.13. The number of halogens is 3. The quantitative estimate of drug-likeness (QED) is 0.377. The van der Waals surface area contributed by atoms with Gasteiger partial charge in [0.05, 0.1) is 25.9 Å². The molecular weight excluding hydrogens is 467 g/mol. The van der Waals surface area contributed by atoms with Gasteiger partial charge < -0.3 is 23.8 Å². The Morgan fingerprint density at radius 1 is 1.17 bits per heavy atom. The molecule has 1 amide bonds. The smallest absolute Gasteiger partial charge is 0.410 e. The molecule has 0 aromatic heterocycles. The topological polar surface area (TPSA) is 74.3 Å². The number of hydrogen-bond acceptors (Lipinski definition) is 6. The Kier molecular flexibility index (Phi) is 10.8. The third-order valence-electron chi connectivity index (χ3n) is 5.48. The van der Waals surface area contributed by atoms with E-state index in [4.69, 9.17) is 18.9 Å². The van der Waals surface area contributed by atoms with E-state index in [-0.39, 0.29) is 19.8 Å². The highest BCUT2D eigenvalue weighted by Gasteiger charge is 2.46. The highest BCUT2D eigenvalue weighted by molar-refractivity contribution is 5.80. The molecule has 0 saturated carbocycles. The summed E-state index contributed by atoms with van der Waals surface area (Å²) in [7, 11) is 0. The largest absolute Gasteiger partial charge is 0.464 e. The summed E-state index contributed by atoms with van der Waals surface area (Å²) in [5.74, 6) is -1.11. The zero-order valence-electron chi connectivity index (χ0n) is 20.8. The fraction of sp³-hybridized carbons (Fsp3) is 0.680. The van der Waals surface area contributed by atoms with Crippen LogP contribution in [0.2, 0.25) is 0 Å². The highest BCUT2D eigenvalue weighted by atomic mass is 19.2. The van der Waals surface area contributed by atoms with Crippen LogP contribution in [0, 0.1) is 0 Å². The van der Waals surface area contributed by atoms with Crippen molar-refractivity contribution in [2.75, 3.05) is 26.4 Å². The summed E-state index contributed by atoms with van der Waals surface area (Å²) in [5.41, 5.74) is -2.39. The van der Waals surface area contributed by atoms with Crippen LogP contribution in [0.4, 0.5) is 18.0 Å². The van der Waals surface area contributed by atoms with Crippen LogP contribution in [-0.2, 0) is 30.3 Å². The van der Waals surface area contributed by atoms with Gasteiger partial charge in [-0.2, -0.15) is 0 Å². The van der Waals surface area contributed by atoms with Crippen LogP contribution in [-0.4, -0.2) is 73.2 Å². The number of ether oxygens (including phenoxy) is 4. The zero-order valence-corrected chi connectivity index (χ0v) is 20.8. The first-order valence-corrected chi connectivity index (χ1v) is 11.8. The van der Waals surface area contributed by atoms with Gasteiger partial charge in [0, 0.05) is 13.0 Å². The standard InChI is InChI=1S/C25H36F3NO6/c1-5-32-22(30)25(17-26,34-15-18-10-7-6-8-11-18)14-20(27)21(28)33-16-19-12-9-13-29(19)23(31)35-24(2,3)4/h6-8,10-11,19-21H,5,9,12-17H2,1-4H3/t19-,20?,21?,25?/m0/s1. The van der Waals surface area contributed by atoms with Crippen LogP contribution in [0.1, 0.15) is 52.5 Å². The number of alkyl halides is 3. The summed E-state index contributed by atoms with van der Waals surface area (Å²) >= 11 is 0. The van der Waals surface area contributed by atoms with Gasteiger partial charge in [-0.1, -0.05) is 30.3 Å². The molecule has 1 aromatic rings. The number of nitrogens with zero attached hydrogens (tertiary/aromatic N) is 1. The van der Waals surface area contributed by atoms with Gasteiger partial charge in [-0.15, -0.1) is 0 Å². The minimum Gasteiger partial charge on any atom is -0.464 e. The normalized spacial score (nSPS) is 19.6. The summed E-state index contributed by atoms with van der Waals surface area (Å²) in [6.07, 6.45) is -5.11. The molecule has 0 bridgehead atoms. The molecule has 10 heteroatoms. The Balaban J connectivity index is 2.00. The summed E-state index contributed by atoms with van der Waals surface area (Å²) < 4.78 is 64.5. The molecule has 0 spiro atoms. The lowest BCUT2D eigenvalue weighted by Crippen LogP contribution is -2.49. The predicted molar refractivity (Wildman–Crippen MR) is 123 cm³/mol. The number of benzene rings is 1. The first-order valence-electron chi connectivity index (χ1n) is 11.8. The molecule has 35 heavy (non-hydrogen) atoms. The number of esters is 1. The Labute approximate surface area is 204 Å². The van der Waals surface area contributed by atoms with E-state index in [2.05, 4.69) is 0 Å². The maximum atomic E-state index is 14.9. The van der Waals surface area contributed by atoms with E-state index in [9.17, 15) is 22.8 Å². The second-order valence-corrected chi connectivity index (χ2v) is 9.50. The van der Waals surface area contributed by atoms with E-state index in [1.807, 2.05) is 0 Å². The second kappa shape index (κ2) is 13.1. The minimum absolute atomic E-state index is 0.0794. The summed E-state index contributed by atoms with van der Waals surface area (Å²) in [5, 5.41) is 0. The van der Waals surface area contributed by atoms with E-state index in [0.717, 1.165) is 0 Å². The maximum absolute atomic E-state index is 14.9. The van der Waals surface area contributed by atoms with Gasteiger partial charge in [-0.3, -0.25) is 0 Å². The van der Waals surface area contributed by atoms with Crippen molar-refractivity contribution in [3.63, 3.8) is 0 Å². The summed E-state index contributed by atoms with van der Waals surface area (Å²) in [6.45, 7) is 5.19. The van der Waals surface area contributed by atoms with Crippen LogP contribution in [0.5, 0.6) is 0 Å². The first-order chi connectivity index (χ1) is 16.5. The Bertz CT molecular complexity index is 806. The molecule has 1 aromatic carbocycles. The monoisotopic (exact) mass is 503 g/mol. The highest BCUT2D eigenvalue weighted by Crippen LogP contribution is 2.28.